The SMILES string of the molecule is CC=CC(=O)N[N+](C)(C)C. The van der Waals surface area contributed by atoms with Crippen molar-refractivity contribution in [1.82, 2.24) is 5.43 Å². The first kappa shape index (κ1) is 9.17. The molecule has 0 heterocycles. The molecule has 0 unspecified atom stereocenters. The number of hydrogen-bond acceptors (Lipinski definition) is 1. The molecular weight excluding hydrogens is 128 g/mol. The Morgan fingerprint density at radius 2 is 1.90 bits per heavy atom. The van der Waals surface area contributed by atoms with Gasteiger partial charge in [-0.15, -0.1) is 0 Å². The van der Waals surface area contributed by atoms with Gasteiger partial charge in [0, 0.05) is 6.08 Å². The fourth-order valence-electron chi connectivity index (χ4n) is 0.519. The highest BCUT2D eigenvalue weighted by molar-refractivity contribution is 5.86. The van der Waals surface area contributed by atoms with Crippen LogP contribution in [-0.4, -0.2) is 31.6 Å². The molecule has 0 fully saturated rings. The molecule has 1 N–H and O–H groups in total. The van der Waals surface area contributed by atoms with Crippen molar-refractivity contribution in [3.05, 3.63) is 12.2 Å². The summed E-state index contributed by atoms with van der Waals surface area (Å²) < 4.78 is 0.448. The van der Waals surface area contributed by atoms with Crippen LogP contribution in [0.2, 0.25) is 0 Å². The van der Waals surface area contributed by atoms with E-state index in [0.29, 0.717) is 4.59 Å². The summed E-state index contributed by atoms with van der Waals surface area (Å²) >= 11 is 0. The van der Waals surface area contributed by atoms with E-state index < -0.39 is 0 Å². The second-order valence-electron chi connectivity index (χ2n) is 2.99. The van der Waals surface area contributed by atoms with Crippen LogP contribution in [0.5, 0.6) is 0 Å². The van der Waals surface area contributed by atoms with E-state index in [9.17, 15) is 4.79 Å². The van der Waals surface area contributed by atoms with Crippen molar-refractivity contribution >= 4 is 5.91 Å². The van der Waals surface area contributed by atoms with Gasteiger partial charge in [-0.05, 0) is 6.92 Å². The van der Waals surface area contributed by atoms with Gasteiger partial charge in [0.1, 0.15) is 0 Å². The monoisotopic (exact) mass is 143 g/mol. The number of hydrogen-bond donors (Lipinski definition) is 1. The Balaban J connectivity index is 3.81. The minimum atomic E-state index is -0.0602. The molecule has 10 heavy (non-hydrogen) atoms. The second kappa shape index (κ2) is 3.37. The van der Waals surface area contributed by atoms with Crippen LogP contribution in [0.3, 0.4) is 0 Å². The van der Waals surface area contributed by atoms with Gasteiger partial charge in [0.15, 0.2) is 0 Å². The number of amides is 1. The van der Waals surface area contributed by atoms with E-state index in [1.54, 1.807) is 6.08 Å². The zero-order valence-corrected chi connectivity index (χ0v) is 7.01. The van der Waals surface area contributed by atoms with Crippen molar-refractivity contribution in [2.24, 2.45) is 0 Å². The Labute approximate surface area is 61.9 Å². The summed E-state index contributed by atoms with van der Waals surface area (Å²) in [7, 11) is 5.67. The van der Waals surface area contributed by atoms with Gasteiger partial charge in [0.2, 0.25) is 0 Å². The summed E-state index contributed by atoms with van der Waals surface area (Å²) in [6, 6.07) is 0. The molecule has 0 aromatic heterocycles. The predicted molar refractivity (Wildman–Crippen MR) is 41.0 cm³/mol. The van der Waals surface area contributed by atoms with Gasteiger partial charge in [-0.25, -0.2) is 4.59 Å². The van der Waals surface area contributed by atoms with Crippen LogP contribution < -0.4 is 5.43 Å². The molecule has 3 heteroatoms. The topological polar surface area (TPSA) is 29.1 Å². The first-order chi connectivity index (χ1) is 4.45. The molecule has 0 radical (unpaired) electrons. The van der Waals surface area contributed by atoms with E-state index in [1.165, 1.54) is 6.08 Å². The van der Waals surface area contributed by atoms with Gasteiger partial charge in [-0.1, -0.05) is 6.08 Å². The van der Waals surface area contributed by atoms with Crippen LogP contribution in [-0.2, 0) is 4.79 Å². The van der Waals surface area contributed by atoms with Crippen LogP contribution >= 0.6 is 0 Å². The molecule has 0 aliphatic heterocycles. The van der Waals surface area contributed by atoms with Crippen molar-refractivity contribution in [2.75, 3.05) is 21.1 Å². The molecule has 0 aliphatic rings. The van der Waals surface area contributed by atoms with Gasteiger partial charge in [0.05, 0.1) is 21.1 Å². The third kappa shape index (κ3) is 5.31. The molecule has 58 valence electrons. The zero-order valence-electron chi connectivity index (χ0n) is 7.01. The molecule has 1 amide bonds. The van der Waals surface area contributed by atoms with E-state index in [-0.39, 0.29) is 5.91 Å². The summed E-state index contributed by atoms with van der Waals surface area (Å²) in [4.78, 5) is 10.8. The van der Waals surface area contributed by atoms with Crippen LogP contribution in [0.25, 0.3) is 0 Å². The Morgan fingerprint density at radius 1 is 1.40 bits per heavy atom. The minimum Gasteiger partial charge on any atom is -0.265 e. The largest absolute Gasteiger partial charge is 0.288 e. The normalized spacial score (nSPS) is 12.0. The van der Waals surface area contributed by atoms with Gasteiger partial charge in [-0.2, -0.15) is 5.43 Å². The van der Waals surface area contributed by atoms with Gasteiger partial charge >= 0.3 is 0 Å². The van der Waals surface area contributed by atoms with Crippen LogP contribution in [0, 0.1) is 0 Å². The Bertz CT molecular complexity index is 144. The number of carbonyl (C=O) groups excluding carboxylic acids is 1. The first-order valence-electron chi connectivity index (χ1n) is 3.22. The number of rotatable bonds is 2. The molecule has 0 saturated heterocycles. The summed E-state index contributed by atoms with van der Waals surface area (Å²) in [5.41, 5.74) is 2.73. The van der Waals surface area contributed by atoms with Gasteiger partial charge < -0.3 is 0 Å². The van der Waals surface area contributed by atoms with E-state index in [2.05, 4.69) is 5.43 Å². The lowest BCUT2D eigenvalue weighted by Crippen LogP contribution is -2.50. The quantitative estimate of drug-likeness (QED) is 0.336. The average Bonchev–Trinajstić information content (AvgIpc) is 1.59. The fraction of sp³-hybridized carbons (Fsp3) is 0.571. The average molecular weight is 143 g/mol. The summed E-state index contributed by atoms with van der Waals surface area (Å²) in [5, 5.41) is 0. The lowest BCUT2D eigenvalue weighted by Gasteiger charge is -2.22. The van der Waals surface area contributed by atoms with Crippen molar-refractivity contribution in [3.8, 4) is 0 Å². The molecule has 0 atom stereocenters. The van der Waals surface area contributed by atoms with Gasteiger partial charge in [-0.3, -0.25) is 4.79 Å². The summed E-state index contributed by atoms with van der Waals surface area (Å²) in [6.45, 7) is 1.81. The maximum Gasteiger partial charge on any atom is 0.288 e. The smallest absolute Gasteiger partial charge is 0.265 e. The highest BCUT2D eigenvalue weighted by Gasteiger charge is 2.08. The maximum atomic E-state index is 10.8. The number of quaternary nitrogens is 1. The first-order valence-corrected chi connectivity index (χ1v) is 3.22. The Hall–Kier alpha value is -0.830. The third-order valence-electron chi connectivity index (χ3n) is 0.764. The second-order valence-corrected chi connectivity index (χ2v) is 2.99. The summed E-state index contributed by atoms with van der Waals surface area (Å²) in [5.74, 6) is -0.0602. The number of nitrogens with zero attached hydrogens (tertiary/aromatic N) is 1. The molecule has 0 bridgehead atoms. The number of nitrogens with one attached hydrogen (secondary N) is 1. The predicted octanol–water partition coefficient (Wildman–Crippen LogP) is 0.300. The number of allylic oxidation sites excluding steroid dienone is 1. The van der Waals surface area contributed by atoms with Crippen molar-refractivity contribution in [2.45, 2.75) is 6.92 Å². The Morgan fingerprint density at radius 3 is 2.20 bits per heavy atom. The van der Waals surface area contributed by atoms with E-state index in [0.717, 1.165) is 0 Å². The number of carbonyl (C=O) groups is 1. The van der Waals surface area contributed by atoms with Crippen molar-refractivity contribution in [1.29, 1.82) is 0 Å². The molecule has 0 aromatic rings. The van der Waals surface area contributed by atoms with Crippen LogP contribution in [0.4, 0.5) is 0 Å². The molecule has 0 spiro atoms. The van der Waals surface area contributed by atoms with Crippen LogP contribution in [0.15, 0.2) is 12.2 Å². The van der Waals surface area contributed by atoms with Crippen molar-refractivity contribution < 1.29 is 9.39 Å². The highest BCUT2D eigenvalue weighted by atomic mass is 16.2. The third-order valence-corrected chi connectivity index (χ3v) is 0.764. The highest BCUT2D eigenvalue weighted by Crippen LogP contribution is 1.82. The lowest BCUT2D eigenvalue weighted by atomic mass is 10.5. The molecule has 3 nitrogen and oxygen atoms in total. The summed E-state index contributed by atoms with van der Waals surface area (Å²) in [6.07, 6.45) is 3.22. The van der Waals surface area contributed by atoms with Crippen LogP contribution in [0.1, 0.15) is 6.92 Å². The molecule has 0 rings (SSSR count). The van der Waals surface area contributed by atoms with E-state index in [1.807, 2.05) is 28.1 Å². The molecular formula is C7H15N2O+. The molecule has 0 saturated carbocycles. The molecule has 0 aromatic carbocycles. The fourth-order valence-corrected chi connectivity index (χ4v) is 0.519. The van der Waals surface area contributed by atoms with E-state index in [4.69, 9.17) is 0 Å². The lowest BCUT2D eigenvalue weighted by molar-refractivity contribution is -0.905. The van der Waals surface area contributed by atoms with Gasteiger partial charge in [0.25, 0.3) is 5.91 Å². The van der Waals surface area contributed by atoms with E-state index >= 15 is 0 Å². The molecule has 0 aliphatic carbocycles. The Kier molecular flexibility index (Phi) is 3.09. The standard InChI is InChI=1S/C7H14N2O/c1-5-6-7(10)8-9(2,3)4/h5-6H,1-4H3/p+1. The zero-order chi connectivity index (χ0) is 8.20. The minimum absolute atomic E-state index is 0.0602. The maximum absolute atomic E-state index is 10.8. The van der Waals surface area contributed by atoms with Crippen molar-refractivity contribution in [3.63, 3.8) is 0 Å².